The first-order chi connectivity index (χ1) is 9.16. The summed E-state index contributed by atoms with van der Waals surface area (Å²) in [5.41, 5.74) is 4.77. The normalized spacial score (nSPS) is 17.3. The van der Waals surface area contributed by atoms with E-state index in [0.717, 1.165) is 29.7 Å². The molecule has 1 unspecified atom stereocenters. The summed E-state index contributed by atoms with van der Waals surface area (Å²) in [6, 6.07) is 6.00. The van der Waals surface area contributed by atoms with Gasteiger partial charge in [0.2, 0.25) is 0 Å². The monoisotopic (exact) mass is 252 g/mol. The fraction of sp³-hybridized carbons (Fsp3) is 0.312. The minimum atomic E-state index is -0.120. The number of hydrogen-bond acceptors (Lipinski definition) is 3. The highest BCUT2D eigenvalue weighted by atomic mass is 16.1. The molecule has 0 spiro atoms. The molecule has 0 fully saturated rings. The Morgan fingerprint density at radius 2 is 2.16 bits per heavy atom. The van der Waals surface area contributed by atoms with E-state index >= 15 is 0 Å². The van der Waals surface area contributed by atoms with Crippen molar-refractivity contribution in [1.29, 1.82) is 0 Å². The smallest absolute Gasteiger partial charge is 0.190 e. The summed E-state index contributed by atoms with van der Waals surface area (Å²) in [7, 11) is 0. The Balaban J connectivity index is 1.98. The van der Waals surface area contributed by atoms with Gasteiger partial charge in [0.15, 0.2) is 5.78 Å². The largest absolute Gasteiger partial charge is 0.292 e. The van der Waals surface area contributed by atoms with Crippen LogP contribution in [0, 0.1) is 13.8 Å². The molecule has 3 rings (SSSR count). The molecule has 2 aromatic rings. The van der Waals surface area contributed by atoms with Gasteiger partial charge in [0.1, 0.15) is 5.69 Å². The van der Waals surface area contributed by atoms with Crippen molar-refractivity contribution in [2.75, 3.05) is 0 Å². The minimum Gasteiger partial charge on any atom is -0.292 e. The van der Waals surface area contributed by atoms with Crippen molar-refractivity contribution in [3.63, 3.8) is 0 Å². The van der Waals surface area contributed by atoms with Gasteiger partial charge in [-0.2, -0.15) is 0 Å². The number of aromatic nitrogens is 2. The van der Waals surface area contributed by atoms with Gasteiger partial charge >= 0.3 is 0 Å². The number of rotatable bonds is 2. The van der Waals surface area contributed by atoms with Crippen LogP contribution in [0.4, 0.5) is 0 Å². The average molecular weight is 252 g/mol. The van der Waals surface area contributed by atoms with E-state index in [1.165, 1.54) is 5.56 Å². The first-order valence-corrected chi connectivity index (χ1v) is 6.58. The van der Waals surface area contributed by atoms with Crippen molar-refractivity contribution in [3.8, 4) is 0 Å². The Kier molecular flexibility index (Phi) is 2.90. The molecule has 0 saturated carbocycles. The Bertz CT molecular complexity index is 649. The zero-order chi connectivity index (χ0) is 13.4. The SMILES string of the molecule is Cc1cnc(C(=O)C2CCc3cccnc32)c(C)c1. The van der Waals surface area contributed by atoms with Crippen LogP contribution < -0.4 is 0 Å². The molecule has 0 saturated heterocycles. The molecule has 0 N–H and O–H groups in total. The van der Waals surface area contributed by atoms with Crippen LogP contribution in [0.15, 0.2) is 30.6 Å². The first-order valence-electron chi connectivity index (χ1n) is 6.58. The van der Waals surface area contributed by atoms with E-state index < -0.39 is 0 Å². The summed E-state index contributed by atoms with van der Waals surface area (Å²) in [6.07, 6.45) is 5.30. The molecule has 3 heteroatoms. The number of carbonyl (C=O) groups excluding carboxylic acids is 1. The van der Waals surface area contributed by atoms with Crippen LogP contribution in [0.1, 0.15) is 45.2 Å². The van der Waals surface area contributed by atoms with E-state index in [4.69, 9.17) is 0 Å². The van der Waals surface area contributed by atoms with E-state index in [0.29, 0.717) is 5.69 Å². The van der Waals surface area contributed by atoms with Crippen molar-refractivity contribution < 1.29 is 4.79 Å². The molecule has 1 aliphatic rings. The van der Waals surface area contributed by atoms with Gasteiger partial charge in [-0.1, -0.05) is 12.1 Å². The van der Waals surface area contributed by atoms with Crippen LogP contribution in [0.3, 0.4) is 0 Å². The third-order valence-corrected chi connectivity index (χ3v) is 3.72. The average Bonchev–Trinajstić information content (AvgIpc) is 2.82. The van der Waals surface area contributed by atoms with E-state index in [1.54, 1.807) is 12.4 Å². The molecule has 0 aromatic carbocycles. The van der Waals surface area contributed by atoms with Crippen LogP contribution in [-0.4, -0.2) is 15.8 Å². The number of nitrogens with zero attached hydrogens (tertiary/aromatic N) is 2. The van der Waals surface area contributed by atoms with Crippen LogP contribution >= 0.6 is 0 Å². The molecule has 0 amide bonds. The fourth-order valence-corrected chi connectivity index (χ4v) is 2.81. The van der Waals surface area contributed by atoms with Crippen molar-refractivity contribution in [3.05, 3.63) is 58.7 Å². The third kappa shape index (κ3) is 2.05. The lowest BCUT2D eigenvalue weighted by Crippen LogP contribution is -2.14. The number of aryl methyl sites for hydroxylation is 3. The molecule has 96 valence electrons. The lowest BCUT2D eigenvalue weighted by molar-refractivity contribution is 0.0952. The standard InChI is InChI=1S/C16H16N2O/c1-10-8-11(2)14(18-9-10)16(19)13-6-5-12-4-3-7-17-15(12)13/h3-4,7-9,13H,5-6H2,1-2H3. The summed E-state index contributed by atoms with van der Waals surface area (Å²) in [5, 5.41) is 0. The second-order valence-corrected chi connectivity index (χ2v) is 5.18. The number of fused-ring (bicyclic) bond motifs is 1. The molecule has 3 nitrogen and oxygen atoms in total. The number of ketones is 1. The number of pyridine rings is 2. The van der Waals surface area contributed by atoms with Gasteiger partial charge in [-0.3, -0.25) is 14.8 Å². The maximum absolute atomic E-state index is 12.6. The van der Waals surface area contributed by atoms with Gasteiger partial charge in [-0.15, -0.1) is 0 Å². The topological polar surface area (TPSA) is 42.9 Å². The van der Waals surface area contributed by atoms with E-state index in [-0.39, 0.29) is 11.7 Å². The highest BCUT2D eigenvalue weighted by Gasteiger charge is 2.31. The number of hydrogen-bond donors (Lipinski definition) is 0. The highest BCUT2D eigenvalue weighted by molar-refractivity contribution is 6.00. The number of carbonyl (C=O) groups is 1. The second kappa shape index (κ2) is 4.57. The maximum atomic E-state index is 12.6. The van der Waals surface area contributed by atoms with Gasteiger partial charge in [0.05, 0.1) is 11.6 Å². The Morgan fingerprint density at radius 1 is 1.32 bits per heavy atom. The number of Topliss-reactive ketones (excluding diaryl/α,β-unsaturated/α-hetero) is 1. The van der Waals surface area contributed by atoms with Crippen molar-refractivity contribution >= 4 is 5.78 Å². The summed E-state index contributed by atoms with van der Waals surface area (Å²) in [5.74, 6) is -0.0138. The van der Waals surface area contributed by atoms with Crippen LogP contribution in [-0.2, 0) is 6.42 Å². The maximum Gasteiger partial charge on any atom is 0.190 e. The predicted octanol–water partition coefficient (Wildman–Crippen LogP) is 3.01. The quantitative estimate of drug-likeness (QED) is 0.772. The molecule has 1 atom stereocenters. The van der Waals surface area contributed by atoms with Gasteiger partial charge < -0.3 is 0 Å². The van der Waals surface area contributed by atoms with Gasteiger partial charge in [-0.25, -0.2) is 0 Å². The molecule has 1 aliphatic carbocycles. The van der Waals surface area contributed by atoms with Crippen molar-refractivity contribution in [1.82, 2.24) is 9.97 Å². The van der Waals surface area contributed by atoms with Gasteiger partial charge in [0.25, 0.3) is 0 Å². The second-order valence-electron chi connectivity index (χ2n) is 5.18. The Morgan fingerprint density at radius 3 is 2.95 bits per heavy atom. The Labute approximate surface area is 112 Å². The molecule has 0 bridgehead atoms. The fourth-order valence-electron chi connectivity index (χ4n) is 2.81. The highest BCUT2D eigenvalue weighted by Crippen LogP contribution is 2.33. The predicted molar refractivity (Wildman–Crippen MR) is 73.3 cm³/mol. The molecule has 19 heavy (non-hydrogen) atoms. The zero-order valence-electron chi connectivity index (χ0n) is 11.2. The Hall–Kier alpha value is -2.03. The van der Waals surface area contributed by atoms with E-state index in [1.807, 2.05) is 26.0 Å². The van der Waals surface area contributed by atoms with Gasteiger partial charge in [-0.05, 0) is 49.4 Å². The minimum absolute atomic E-state index is 0.106. The summed E-state index contributed by atoms with van der Waals surface area (Å²) in [6.45, 7) is 3.93. The molecule has 0 radical (unpaired) electrons. The van der Waals surface area contributed by atoms with Gasteiger partial charge in [0, 0.05) is 12.4 Å². The molecular formula is C16H16N2O. The van der Waals surface area contributed by atoms with E-state index in [9.17, 15) is 4.79 Å². The van der Waals surface area contributed by atoms with Crippen LogP contribution in [0.25, 0.3) is 0 Å². The van der Waals surface area contributed by atoms with Crippen molar-refractivity contribution in [2.24, 2.45) is 0 Å². The molecule has 2 aromatic heterocycles. The van der Waals surface area contributed by atoms with E-state index in [2.05, 4.69) is 16.0 Å². The summed E-state index contributed by atoms with van der Waals surface area (Å²) >= 11 is 0. The molecule has 0 aliphatic heterocycles. The zero-order valence-corrected chi connectivity index (χ0v) is 11.2. The summed E-state index contributed by atoms with van der Waals surface area (Å²) < 4.78 is 0. The first kappa shape index (κ1) is 12.0. The molecule has 2 heterocycles. The lowest BCUT2D eigenvalue weighted by atomic mass is 9.96. The molecular weight excluding hydrogens is 236 g/mol. The van der Waals surface area contributed by atoms with Crippen LogP contribution in [0.5, 0.6) is 0 Å². The lowest BCUT2D eigenvalue weighted by Gasteiger charge is -2.11. The summed E-state index contributed by atoms with van der Waals surface area (Å²) in [4.78, 5) is 21.3. The van der Waals surface area contributed by atoms with Crippen LogP contribution in [0.2, 0.25) is 0 Å². The van der Waals surface area contributed by atoms with Crippen molar-refractivity contribution in [2.45, 2.75) is 32.6 Å². The third-order valence-electron chi connectivity index (χ3n) is 3.72.